The average molecular weight is 552 g/mol. The number of piperidine rings is 1. The van der Waals surface area contributed by atoms with E-state index in [0.29, 0.717) is 0 Å². The molecule has 2 aliphatic heterocycles. The summed E-state index contributed by atoms with van der Waals surface area (Å²) >= 11 is 0. The van der Waals surface area contributed by atoms with Crippen molar-refractivity contribution >= 4 is 17.8 Å². The van der Waals surface area contributed by atoms with E-state index >= 15 is 0 Å². The third kappa shape index (κ3) is 10.1. The summed E-state index contributed by atoms with van der Waals surface area (Å²) in [7, 11) is 0. The molecule has 210 valence electrons. The van der Waals surface area contributed by atoms with Gasteiger partial charge in [-0.05, 0) is 36.6 Å². The number of carboxylic acid groups (broad SMARTS) is 2. The summed E-state index contributed by atoms with van der Waals surface area (Å²) in [5, 5.41) is 14.2. The number of nitrogens with zero attached hydrogens (tertiary/aromatic N) is 4. The molecule has 9 nitrogen and oxygen atoms in total. The number of ether oxygens (including phenoxy) is 1. The van der Waals surface area contributed by atoms with Crippen molar-refractivity contribution in [1.82, 2.24) is 14.9 Å². The molecule has 15 heteroatoms. The average Bonchev–Trinajstić information content (AvgIpc) is 2.85. The molecule has 1 atom stereocenters. The highest BCUT2D eigenvalue weighted by Crippen LogP contribution is 2.31. The van der Waals surface area contributed by atoms with Gasteiger partial charge in [-0.25, -0.2) is 14.6 Å². The lowest BCUT2D eigenvalue weighted by molar-refractivity contribution is -0.193. The Balaban J connectivity index is 0.000000301. The maximum atomic E-state index is 10.6. The molecule has 2 N–H and O–H groups in total. The Labute approximate surface area is 213 Å². The molecule has 1 spiro atoms. The first-order valence-electron chi connectivity index (χ1n) is 11.2. The zero-order chi connectivity index (χ0) is 28.4. The Morgan fingerprint density at radius 2 is 1.61 bits per heavy atom. The molecule has 2 fully saturated rings. The van der Waals surface area contributed by atoms with Crippen molar-refractivity contribution in [2.75, 3.05) is 37.7 Å². The minimum Gasteiger partial charge on any atom is -0.475 e. The number of pyridine rings is 2. The highest BCUT2D eigenvalue weighted by atomic mass is 19.4. The second kappa shape index (κ2) is 13.4. The van der Waals surface area contributed by atoms with E-state index in [1.807, 2.05) is 30.7 Å². The van der Waals surface area contributed by atoms with Crippen LogP contribution < -0.4 is 4.90 Å². The SMILES string of the molecule is O=C(O)C(F)(F)F.O=C(O)C(F)(F)F.c1ccc(N2CCCC3(CN(Cc4cccnc4)CCO3)C2)nc1. The molecular formula is C23H26F6N4O5. The van der Waals surface area contributed by atoms with Crippen LogP contribution in [0.1, 0.15) is 18.4 Å². The summed E-state index contributed by atoms with van der Waals surface area (Å²) in [6, 6.07) is 10.3. The van der Waals surface area contributed by atoms with Crippen LogP contribution in [-0.4, -0.2) is 87.8 Å². The first-order valence-corrected chi connectivity index (χ1v) is 11.2. The molecule has 2 aromatic rings. The van der Waals surface area contributed by atoms with Gasteiger partial charge in [-0.3, -0.25) is 9.88 Å². The van der Waals surface area contributed by atoms with Crippen molar-refractivity contribution in [3.63, 3.8) is 0 Å². The van der Waals surface area contributed by atoms with Crippen LogP contribution in [0.15, 0.2) is 48.9 Å². The van der Waals surface area contributed by atoms with Gasteiger partial charge in [0, 0.05) is 51.3 Å². The molecule has 0 amide bonds. The molecule has 2 aliphatic rings. The molecule has 0 radical (unpaired) electrons. The van der Waals surface area contributed by atoms with E-state index in [4.69, 9.17) is 24.5 Å². The van der Waals surface area contributed by atoms with Gasteiger partial charge in [-0.1, -0.05) is 12.1 Å². The number of anilines is 1. The summed E-state index contributed by atoms with van der Waals surface area (Å²) < 4.78 is 69.8. The molecule has 4 rings (SSSR count). The van der Waals surface area contributed by atoms with Crippen LogP contribution in [0.25, 0.3) is 0 Å². The Hall–Kier alpha value is -3.46. The number of hydrogen-bond acceptors (Lipinski definition) is 7. The van der Waals surface area contributed by atoms with Gasteiger partial charge in [0.1, 0.15) is 5.82 Å². The number of aliphatic carboxylic acids is 2. The third-order valence-electron chi connectivity index (χ3n) is 5.45. The number of alkyl halides is 6. The monoisotopic (exact) mass is 552 g/mol. The standard InChI is InChI=1S/C19H24N4O.2C2HF3O2/c1-2-9-21-18(6-1)23-10-4-7-19(16-23)15-22(11-12-24-19)14-17-5-3-8-20-13-17;2*3-2(4,5)1(6)7/h1-3,5-6,8-9,13H,4,7,10-12,14-16H2;2*(H,6,7). The number of morpholine rings is 1. The predicted molar refractivity (Wildman–Crippen MR) is 121 cm³/mol. The highest BCUT2D eigenvalue weighted by molar-refractivity contribution is 5.73. The van der Waals surface area contributed by atoms with Gasteiger partial charge in [-0.2, -0.15) is 26.3 Å². The quantitative estimate of drug-likeness (QED) is 0.551. The summed E-state index contributed by atoms with van der Waals surface area (Å²) in [4.78, 5) is 31.4. The fourth-order valence-electron chi connectivity index (χ4n) is 3.89. The second-order valence-electron chi connectivity index (χ2n) is 8.42. The van der Waals surface area contributed by atoms with E-state index in [9.17, 15) is 26.3 Å². The lowest BCUT2D eigenvalue weighted by Crippen LogP contribution is -2.59. The van der Waals surface area contributed by atoms with Crippen LogP contribution in [-0.2, 0) is 20.9 Å². The van der Waals surface area contributed by atoms with Gasteiger partial charge >= 0.3 is 24.3 Å². The lowest BCUT2D eigenvalue weighted by atomic mass is 9.90. The minimum absolute atomic E-state index is 0.0732. The Morgan fingerprint density at radius 3 is 2.13 bits per heavy atom. The van der Waals surface area contributed by atoms with E-state index in [0.717, 1.165) is 58.0 Å². The lowest BCUT2D eigenvalue weighted by Gasteiger charge is -2.48. The van der Waals surface area contributed by atoms with Crippen molar-refractivity contribution in [2.45, 2.75) is 37.3 Å². The maximum absolute atomic E-state index is 10.6. The van der Waals surface area contributed by atoms with E-state index in [-0.39, 0.29) is 5.60 Å². The molecule has 0 aliphatic carbocycles. The van der Waals surface area contributed by atoms with Gasteiger partial charge in [0.2, 0.25) is 0 Å². The summed E-state index contributed by atoms with van der Waals surface area (Å²) in [5.41, 5.74) is 1.20. The fraction of sp³-hybridized carbons (Fsp3) is 0.478. The predicted octanol–water partition coefficient (Wildman–Crippen LogP) is 3.61. The minimum atomic E-state index is -5.08. The molecule has 2 aromatic heterocycles. The van der Waals surface area contributed by atoms with Crippen molar-refractivity contribution in [3.05, 3.63) is 54.5 Å². The van der Waals surface area contributed by atoms with Crippen LogP contribution in [0, 0.1) is 0 Å². The number of rotatable bonds is 3. The first-order chi connectivity index (χ1) is 17.7. The van der Waals surface area contributed by atoms with Crippen molar-refractivity contribution in [2.24, 2.45) is 0 Å². The van der Waals surface area contributed by atoms with Gasteiger partial charge in [0.15, 0.2) is 0 Å². The number of carbonyl (C=O) groups is 2. The van der Waals surface area contributed by atoms with Crippen LogP contribution >= 0.6 is 0 Å². The Kier molecular flexibility index (Phi) is 10.8. The van der Waals surface area contributed by atoms with Crippen molar-refractivity contribution < 1.29 is 50.9 Å². The highest BCUT2D eigenvalue weighted by Gasteiger charge is 2.41. The molecule has 0 bridgehead atoms. The first kappa shape index (κ1) is 30.8. The normalized spacial score (nSPS) is 20.0. The Morgan fingerprint density at radius 1 is 0.947 bits per heavy atom. The van der Waals surface area contributed by atoms with E-state index in [2.05, 4.69) is 38.0 Å². The molecular weight excluding hydrogens is 526 g/mol. The Bertz CT molecular complexity index is 998. The van der Waals surface area contributed by atoms with E-state index in [1.165, 1.54) is 5.56 Å². The number of hydrogen-bond donors (Lipinski definition) is 2. The largest absolute Gasteiger partial charge is 0.490 e. The summed E-state index contributed by atoms with van der Waals surface area (Å²) in [6.07, 6.45) is -2.23. The molecule has 4 heterocycles. The topological polar surface area (TPSA) is 116 Å². The van der Waals surface area contributed by atoms with E-state index < -0.39 is 24.3 Å². The van der Waals surface area contributed by atoms with Crippen molar-refractivity contribution in [1.29, 1.82) is 0 Å². The zero-order valence-corrected chi connectivity index (χ0v) is 20.0. The number of carboxylic acids is 2. The van der Waals surface area contributed by atoms with Gasteiger partial charge in [0.25, 0.3) is 0 Å². The van der Waals surface area contributed by atoms with Gasteiger partial charge in [-0.15, -0.1) is 0 Å². The second-order valence-corrected chi connectivity index (χ2v) is 8.42. The van der Waals surface area contributed by atoms with Crippen LogP contribution in [0.2, 0.25) is 0 Å². The third-order valence-corrected chi connectivity index (χ3v) is 5.45. The maximum Gasteiger partial charge on any atom is 0.490 e. The van der Waals surface area contributed by atoms with Crippen LogP contribution in [0.5, 0.6) is 0 Å². The molecule has 38 heavy (non-hydrogen) atoms. The van der Waals surface area contributed by atoms with Crippen molar-refractivity contribution in [3.8, 4) is 0 Å². The summed E-state index contributed by atoms with van der Waals surface area (Å²) in [5.74, 6) is -4.45. The molecule has 0 saturated carbocycles. The fourth-order valence-corrected chi connectivity index (χ4v) is 3.89. The summed E-state index contributed by atoms with van der Waals surface area (Å²) in [6.45, 7) is 5.70. The van der Waals surface area contributed by atoms with Gasteiger partial charge in [0.05, 0.1) is 12.2 Å². The number of halogens is 6. The zero-order valence-electron chi connectivity index (χ0n) is 20.0. The molecule has 2 saturated heterocycles. The van der Waals surface area contributed by atoms with Crippen LogP contribution in [0.4, 0.5) is 32.2 Å². The van der Waals surface area contributed by atoms with E-state index in [1.54, 1.807) is 0 Å². The molecule has 1 unspecified atom stereocenters. The van der Waals surface area contributed by atoms with Gasteiger partial charge < -0.3 is 19.8 Å². The molecule has 0 aromatic carbocycles. The smallest absolute Gasteiger partial charge is 0.475 e. The van der Waals surface area contributed by atoms with Crippen LogP contribution in [0.3, 0.4) is 0 Å². The number of aromatic nitrogens is 2.